The van der Waals surface area contributed by atoms with Gasteiger partial charge in [0.1, 0.15) is 0 Å². The van der Waals surface area contributed by atoms with Gasteiger partial charge in [-0.25, -0.2) is 4.99 Å². The van der Waals surface area contributed by atoms with E-state index in [1.54, 1.807) is 0 Å². The maximum Gasteiger partial charge on any atom is 0.233 e. The van der Waals surface area contributed by atoms with Crippen LogP contribution in [0.1, 0.15) is 38.5 Å². The molecule has 0 aliphatic rings. The molecule has 0 atom stereocenters. The lowest BCUT2D eigenvalue weighted by Crippen LogP contribution is -1.79. The van der Waals surface area contributed by atoms with Gasteiger partial charge in [0.25, 0.3) is 0 Å². The highest BCUT2D eigenvalue weighted by Crippen LogP contribution is 2.03. The minimum absolute atomic E-state index is 0.524. The van der Waals surface area contributed by atoms with Gasteiger partial charge in [0.2, 0.25) is 6.41 Å². The zero-order chi connectivity index (χ0) is 8.36. The molecule has 0 N–H and O–H groups in total. The highest BCUT2D eigenvalue weighted by Gasteiger charge is 1.86. The minimum atomic E-state index is 0.524. The van der Waals surface area contributed by atoms with Crippen LogP contribution in [0.4, 0.5) is 0 Å². The maximum absolute atomic E-state index is 9.70. The van der Waals surface area contributed by atoms with E-state index in [1.807, 2.05) is 0 Å². The minimum Gasteiger partial charge on any atom is -0.276 e. The third-order valence-corrected chi connectivity index (χ3v) is 1.43. The molecule has 2 heteroatoms. The van der Waals surface area contributed by atoms with Crippen molar-refractivity contribution in [1.82, 2.24) is 0 Å². The van der Waals surface area contributed by atoms with Crippen molar-refractivity contribution in [3.8, 4) is 0 Å². The van der Waals surface area contributed by atoms with Gasteiger partial charge in [0.05, 0.1) is 6.21 Å². The molecule has 1 amide bonds. The van der Waals surface area contributed by atoms with Gasteiger partial charge in [-0.3, -0.25) is 4.79 Å². The summed E-state index contributed by atoms with van der Waals surface area (Å²) in [6, 6.07) is 0. The average molecular weight is 153 g/mol. The van der Waals surface area contributed by atoms with Crippen LogP contribution in [-0.2, 0) is 4.79 Å². The Labute approximate surface area is 68.7 Å². The summed E-state index contributed by atoms with van der Waals surface area (Å²) in [6.45, 7) is 3.75. The molecule has 0 unspecified atom stereocenters. The molecule has 62 valence electrons. The van der Waals surface area contributed by atoms with Crippen molar-refractivity contribution in [1.29, 1.82) is 0 Å². The van der Waals surface area contributed by atoms with Crippen LogP contribution in [0.2, 0.25) is 0 Å². The Bertz CT molecular complexity index is 110. The number of carbonyl (C=O) groups excluding carboxylic acids is 1. The Kier molecular flexibility index (Phi) is 8.78. The number of carbonyl (C=O) groups is 1. The molecular formula is C9H15NO. The third-order valence-electron chi connectivity index (χ3n) is 1.43. The van der Waals surface area contributed by atoms with Gasteiger partial charge in [-0.2, -0.15) is 0 Å². The lowest BCUT2D eigenvalue weighted by atomic mass is 10.1. The molecule has 11 heavy (non-hydrogen) atoms. The topological polar surface area (TPSA) is 29.4 Å². The van der Waals surface area contributed by atoms with Crippen molar-refractivity contribution in [2.75, 3.05) is 0 Å². The molecule has 0 heterocycles. The number of amides is 1. The first-order chi connectivity index (χ1) is 5.41. The average Bonchev–Trinajstić information content (AvgIpc) is 2.03. The lowest BCUT2D eigenvalue weighted by Gasteiger charge is -1.94. The molecule has 0 rings (SSSR count). The lowest BCUT2D eigenvalue weighted by molar-refractivity contribution is -0.106. The number of aliphatic imine (C=N–C) groups is 1. The Morgan fingerprint density at radius 2 is 2.00 bits per heavy atom. The number of rotatable bonds is 7. The molecule has 0 aliphatic carbocycles. The van der Waals surface area contributed by atoms with Crippen LogP contribution in [0.25, 0.3) is 0 Å². The number of unbranched alkanes of at least 4 members (excludes halogenated alkanes) is 5. The molecular weight excluding hydrogens is 138 g/mol. The van der Waals surface area contributed by atoms with Crippen molar-refractivity contribution >= 4 is 12.6 Å². The van der Waals surface area contributed by atoms with Gasteiger partial charge in [-0.05, 0) is 12.8 Å². The van der Waals surface area contributed by atoms with E-state index in [1.165, 1.54) is 19.3 Å². The summed E-state index contributed by atoms with van der Waals surface area (Å²) >= 11 is 0. The van der Waals surface area contributed by atoms with E-state index in [0.29, 0.717) is 6.41 Å². The Morgan fingerprint density at radius 3 is 2.64 bits per heavy atom. The first kappa shape index (κ1) is 10.3. The van der Waals surface area contributed by atoms with Gasteiger partial charge in [-0.15, -0.1) is 0 Å². The van der Waals surface area contributed by atoms with Crippen LogP contribution < -0.4 is 0 Å². The van der Waals surface area contributed by atoms with Crippen molar-refractivity contribution in [3.63, 3.8) is 0 Å². The second-order valence-electron chi connectivity index (χ2n) is 2.41. The van der Waals surface area contributed by atoms with E-state index in [9.17, 15) is 4.79 Å². The summed E-state index contributed by atoms with van der Waals surface area (Å²) < 4.78 is 0. The molecule has 0 aromatic carbocycles. The first-order valence-corrected chi connectivity index (χ1v) is 4.07. The van der Waals surface area contributed by atoms with Crippen molar-refractivity contribution < 1.29 is 4.79 Å². The molecule has 0 spiro atoms. The Balaban J connectivity index is 2.90. The van der Waals surface area contributed by atoms with Crippen molar-refractivity contribution in [2.45, 2.75) is 38.5 Å². The summed E-state index contributed by atoms with van der Waals surface area (Å²) in [7, 11) is 0. The maximum atomic E-state index is 9.70. The molecule has 0 fully saturated rings. The summed E-state index contributed by atoms with van der Waals surface area (Å²) in [5.74, 6) is 0. The molecule has 0 aliphatic heterocycles. The number of hydrogen-bond acceptors (Lipinski definition) is 1. The van der Waals surface area contributed by atoms with Gasteiger partial charge < -0.3 is 0 Å². The second-order valence-corrected chi connectivity index (χ2v) is 2.41. The van der Waals surface area contributed by atoms with E-state index in [-0.39, 0.29) is 0 Å². The fraction of sp³-hybridized carbons (Fsp3) is 0.667. The molecule has 0 saturated carbocycles. The van der Waals surface area contributed by atoms with Crippen LogP contribution in [-0.4, -0.2) is 12.6 Å². The highest BCUT2D eigenvalue weighted by atomic mass is 16.1. The van der Waals surface area contributed by atoms with E-state index in [0.717, 1.165) is 19.3 Å². The van der Waals surface area contributed by atoms with E-state index in [4.69, 9.17) is 0 Å². The Hall–Kier alpha value is -0.660. The first-order valence-electron chi connectivity index (χ1n) is 4.07. The van der Waals surface area contributed by atoms with Gasteiger partial charge >= 0.3 is 0 Å². The largest absolute Gasteiger partial charge is 0.276 e. The summed E-state index contributed by atoms with van der Waals surface area (Å²) in [6.07, 6.45) is 9.70. The van der Waals surface area contributed by atoms with Crippen LogP contribution in [0.3, 0.4) is 0 Å². The number of nitrogens with zero attached hydrogens (tertiary/aromatic N) is 1. The van der Waals surface area contributed by atoms with Crippen molar-refractivity contribution in [2.24, 2.45) is 4.99 Å². The monoisotopic (exact) mass is 153 g/mol. The van der Waals surface area contributed by atoms with Crippen LogP contribution in [0, 0.1) is 6.92 Å². The SMILES string of the molecule is [CH2]CCCCCC/[C]=N/C=O. The Morgan fingerprint density at radius 1 is 1.27 bits per heavy atom. The second kappa shape index (κ2) is 9.34. The van der Waals surface area contributed by atoms with E-state index in [2.05, 4.69) is 18.1 Å². The third kappa shape index (κ3) is 9.34. The zero-order valence-corrected chi connectivity index (χ0v) is 6.88. The fourth-order valence-corrected chi connectivity index (χ4v) is 0.836. The standard InChI is InChI=1S/C9H15NO/c1-2-3-4-5-6-7-8-10-9-11/h9H,1-7H2. The summed E-state index contributed by atoms with van der Waals surface area (Å²) in [5.41, 5.74) is 0. The normalized spacial score (nSPS) is 10.6. The summed E-state index contributed by atoms with van der Waals surface area (Å²) in [5, 5.41) is 0. The highest BCUT2D eigenvalue weighted by molar-refractivity contribution is 5.68. The van der Waals surface area contributed by atoms with Gasteiger partial charge in [0.15, 0.2) is 0 Å². The quantitative estimate of drug-likeness (QED) is 0.313. The van der Waals surface area contributed by atoms with Crippen LogP contribution >= 0.6 is 0 Å². The van der Waals surface area contributed by atoms with Crippen LogP contribution in [0.15, 0.2) is 4.99 Å². The number of hydrogen-bond donors (Lipinski definition) is 0. The van der Waals surface area contributed by atoms with Gasteiger partial charge in [-0.1, -0.05) is 32.6 Å². The smallest absolute Gasteiger partial charge is 0.233 e. The molecule has 0 aromatic heterocycles. The van der Waals surface area contributed by atoms with E-state index < -0.39 is 0 Å². The molecule has 2 radical (unpaired) electrons. The van der Waals surface area contributed by atoms with Crippen molar-refractivity contribution in [3.05, 3.63) is 6.92 Å². The molecule has 0 saturated heterocycles. The predicted octanol–water partition coefficient (Wildman–Crippen LogP) is 2.27. The molecule has 0 bridgehead atoms. The fourth-order valence-electron chi connectivity index (χ4n) is 0.836. The predicted molar refractivity (Wildman–Crippen MR) is 46.6 cm³/mol. The van der Waals surface area contributed by atoms with Crippen LogP contribution in [0.5, 0.6) is 0 Å². The molecule has 0 aromatic rings. The summed E-state index contributed by atoms with van der Waals surface area (Å²) in [4.78, 5) is 13.0. The zero-order valence-electron chi connectivity index (χ0n) is 6.88. The molecule has 2 nitrogen and oxygen atoms in total. The van der Waals surface area contributed by atoms with Gasteiger partial charge in [0, 0.05) is 0 Å². The van der Waals surface area contributed by atoms with E-state index >= 15 is 0 Å².